The zero-order chi connectivity index (χ0) is 66.7. The molecule has 486 valence electrons. The molecular weight excluding hydrogens is 1220 g/mol. The van der Waals surface area contributed by atoms with Gasteiger partial charge in [-0.3, -0.25) is 0 Å². The van der Waals surface area contributed by atoms with Crippen molar-refractivity contribution in [2.24, 2.45) is 0 Å². The summed E-state index contributed by atoms with van der Waals surface area (Å²) in [7, 11) is 1.46. The summed E-state index contributed by atoms with van der Waals surface area (Å²) >= 11 is 5.99. The third-order valence-electron chi connectivity index (χ3n) is 14.0. The third-order valence-corrected chi connectivity index (χ3v) is 14.3. The van der Waals surface area contributed by atoms with E-state index in [2.05, 4.69) is 57.5 Å². The van der Waals surface area contributed by atoms with Crippen LogP contribution < -0.4 is 57.3 Å². The SMILES string of the molecule is COc1cc(NC(=O)Nc2cccc([C@H](C)NC(=O)O[C@H]3CCOC3)c2)ccc1C#N.[C-]#[N+]c1ccc(NC(=O)Nc2cccc([C@H](C)NC(=O)O[C@H]3CCOC3)c2)cc1Cl.[C-]#[N+]c1ccc(NC(=O)Nc2cccc([C@H](C)NC(=O)O[C@H]3CCOC3)c2)cc1OCC. The number of carbonyl (C=O) groups is 6. The Hall–Kier alpha value is -10.8. The Kier molecular flexibility index (Phi) is 26.6. The molecule has 93 heavy (non-hydrogen) atoms. The lowest BCUT2D eigenvalue weighted by Gasteiger charge is -2.17. The van der Waals surface area contributed by atoms with Gasteiger partial charge in [-0.1, -0.05) is 60.1 Å². The first kappa shape index (κ1) is 69.7. The number of methoxy groups -OCH3 is 1. The van der Waals surface area contributed by atoms with Crippen molar-refractivity contribution in [3.05, 3.63) is 178 Å². The monoisotopic (exact) mass is 1290 g/mol. The quantitative estimate of drug-likeness (QED) is 0.0285. The highest BCUT2D eigenvalue weighted by atomic mass is 35.5. The summed E-state index contributed by atoms with van der Waals surface area (Å²) in [6, 6.07) is 35.4. The van der Waals surface area contributed by atoms with E-state index in [9.17, 15) is 28.8 Å². The molecule has 6 atom stereocenters. The van der Waals surface area contributed by atoms with Crippen LogP contribution in [0.1, 0.15) is 87.3 Å². The van der Waals surface area contributed by atoms with Crippen molar-refractivity contribution in [1.29, 1.82) is 5.26 Å². The van der Waals surface area contributed by atoms with Gasteiger partial charge < -0.3 is 85.7 Å². The number of ether oxygens (including phenoxy) is 8. The minimum atomic E-state index is -0.506. The van der Waals surface area contributed by atoms with Crippen molar-refractivity contribution in [3.63, 3.8) is 0 Å². The van der Waals surface area contributed by atoms with E-state index in [0.717, 1.165) is 16.7 Å². The maximum atomic E-state index is 12.4. The highest BCUT2D eigenvalue weighted by Crippen LogP contribution is 2.32. The molecule has 6 aromatic carbocycles. The number of halogens is 1. The van der Waals surface area contributed by atoms with Crippen molar-refractivity contribution in [3.8, 4) is 17.6 Å². The van der Waals surface area contributed by atoms with Gasteiger partial charge in [0.15, 0.2) is 0 Å². The normalized spacial score (nSPS) is 16.0. The predicted octanol–water partition coefficient (Wildman–Crippen LogP) is 13.8. The number of urea groups is 3. The van der Waals surface area contributed by atoms with Crippen LogP contribution in [-0.2, 0) is 28.4 Å². The number of rotatable bonds is 18. The molecule has 3 aliphatic rings. The van der Waals surface area contributed by atoms with Gasteiger partial charge in [0.25, 0.3) is 0 Å². The average Bonchev–Trinajstić information content (AvgIpc) is 3.31. The van der Waals surface area contributed by atoms with Gasteiger partial charge in [-0.2, -0.15) is 5.26 Å². The Morgan fingerprint density at radius 3 is 1.22 bits per heavy atom. The molecule has 6 aromatic rings. The van der Waals surface area contributed by atoms with E-state index in [1.807, 2.05) is 52.0 Å². The lowest BCUT2D eigenvalue weighted by Crippen LogP contribution is -2.31. The first-order valence-electron chi connectivity index (χ1n) is 29.5. The zero-order valence-corrected chi connectivity index (χ0v) is 52.4. The van der Waals surface area contributed by atoms with Gasteiger partial charge >= 0.3 is 36.4 Å². The molecule has 0 spiro atoms. The van der Waals surface area contributed by atoms with E-state index >= 15 is 0 Å². The standard InChI is InChI=1S/C23H26N4O5.C22H24N4O5.C21H21ClN4O4/c1-4-31-21-13-18(8-9-20(21)24-3)27-22(28)26-17-7-5-6-16(12-17)15(2)25-23(29)32-19-10-11-30-14-19;1-14(24-22(28)31-19-8-9-30-13-19)15-4-3-5-17(10-15)25-21(27)26-18-7-6-16(12-23)20(11-18)29-2;1-13(24-21(28)30-17-8-9-29-12-17)14-4-3-5-15(10-14)25-20(27)26-16-6-7-19(23-2)18(22)11-16/h5-9,12-13,15,19H,4,10-11,14H2,1-2H3,(H,25,29)(H2,26,27,28);3-7,10-11,14,19H,8-9,13H2,1-2H3,(H,24,28)(H2,25,26,27);3-7,10-11,13,17H,8-9,12H2,1H3,(H,24,28)(H2,25,26,27)/t15-,19-;14-,19-;13-,17-/m000/s1. The van der Waals surface area contributed by atoms with E-state index < -0.39 is 36.4 Å². The van der Waals surface area contributed by atoms with Crippen LogP contribution in [0.5, 0.6) is 11.5 Å². The smallest absolute Gasteiger partial charge is 0.407 e. The number of nitriles is 1. The number of carbonyl (C=O) groups excluding carboxylic acids is 6. The largest absolute Gasteiger partial charge is 0.505 e. The van der Waals surface area contributed by atoms with Crippen LogP contribution in [0.4, 0.5) is 74.3 Å². The number of anilines is 6. The van der Waals surface area contributed by atoms with Gasteiger partial charge in [0.2, 0.25) is 11.4 Å². The van der Waals surface area contributed by atoms with Crippen LogP contribution in [0.15, 0.2) is 127 Å². The van der Waals surface area contributed by atoms with E-state index in [4.69, 9.17) is 67.9 Å². The summed E-state index contributed by atoms with van der Waals surface area (Å²) in [5.41, 5.74) is 6.62. The molecule has 3 aliphatic heterocycles. The number of amides is 9. The molecule has 9 amide bonds. The van der Waals surface area contributed by atoms with Crippen molar-refractivity contribution in [2.45, 2.75) is 83.4 Å². The van der Waals surface area contributed by atoms with Crippen LogP contribution in [0.25, 0.3) is 9.69 Å². The zero-order valence-electron chi connectivity index (χ0n) is 51.6. The molecule has 26 nitrogen and oxygen atoms in total. The molecule has 0 saturated carbocycles. The highest BCUT2D eigenvalue weighted by molar-refractivity contribution is 6.33. The van der Waals surface area contributed by atoms with Gasteiger partial charge in [0.1, 0.15) is 35.9 Å². The second kappa shape index (κ2) is 35.5. The Morgan fingerprint density at radius 1 is 0.527 bits per heavy atom. The number of nitrogens with one attached hydrogen (secondary N) is 9. The van der Waals surface area contributed by atoms with Crippen molar-refractivity contribution >= 4 is 93.5 Å². The lowest BCUT2D eigenvalue weighted by molar-refractivity contribution is 0.0807. The maximum absolute atomic E-state index is 12.4. The maximum Gasteiger partial charge on any atom is 0.407 e. The molecule has 0 unspecified atom stereocenters. The summed E-state index contributed by atoms with van der Waals surface area (Å²) in [5, 5.41) is 34.0. The second-order valence-electron chi connectivity index (χ2n) is 20.9. The topological polar surface area (TPSA) is 317 Å². The Labute approximate surface area is 542 Å². The number of alkyl carbamates (subject to hydrolysis) is 3. The Bertz CT molecular complexity index is 3710. The minimum Gasteiger partial charge on any atom is -0.505 e. The summed E-state index contributed by atoms with van der Waals surface area (Å²) in [4.78, 5) is 79.9. The fourth-order valence-electron chi connectivity index (χ4n) is 9.18. The van der Waals surface area contributed by atoms with E-state index in [1.54, 1.807) is 97.1 Å². The summed E-state index contributed by atoms with van der Waals surface area (Å²) < 4.78 is 42.1. The second-order valence-corrected chi connectivity index (χ2v) is 21.3. The Morgan fingerprint density at radius 2 is 0.882 bits per heavy atom. The number of hydrogen-bond donors (Lipinski definition) is 9. The van der Waals surface area contributed by atoms with Gasteiger partial charge in [-0.05, 0) is 117 Å². The molecular formula is C66H71ClN12O14. The molecule has 0 radical (unpaired) electrons. The average molecular weight is 1290 g/mol. The van der Waals surface area contributed by atoms with Gasteiger partial charge in [0.05, 0.1) is 90.2 Å². The summed E-state index contributed by atoms with van der Waals surface area (Å²) in [6.07, 6.45) is -0.0752. The Balaban J connectivity index is 0.000000198. The van der Waals surface area contributed by atoms with Crippen molar-refractivity contribution < 1.29 is 66.7 Å². The molecule has 3 heterocycles. The van der Waals surface area contributed by atoms with Gasteiger partial charge in [-0.25, -0.2) is 38.5 Å². The van der Waals surface area contributed by atoms with Crippen LogP contribution in [0.2, 0.25) is 5.02 Å². The molecule has 0 bridgehead atoms. The molecule has 9 rings (SSSR count). The molecule has 0 aliphatic carbocycles. The summed E-state index contributed by atoms with van der Waals surface area (Å²) in [5.74, 6) is 0.788. The number of hydrogen-bond acceptors (Lipinski definition) is 15. The molecule has 0 aromatic heterocycles. The van der Waals surface area contributed by atoms with E-state index in [-0.39, 0.29) is 41.5 Å². The molecule has 9 N–H and O–H groups in total. The fourth-order valence-corrected chi connectivity index (χ4v) is 9.41. The van der Waals surface area contributed by atoms with Crippen LogP contribution in [0.3, 0.4) is 0 Å². The van der Waals surface area contributed by atoms with E-state index in [0.29, 0.717) is 128 Å². The highest BCUT2D eigenvalue weighted by Gasteiger charge is 2.24. The van der Waals surface area contributed by atoms with Crippen LogP contribution in [0, 0.1) is 24.5 Å². The number of nitrogens with zero attached hydrogens (tertiary/aromatic N) is 3. The fraction of sp³-hybridized carbons (Fsp3) is 0.318. The summed E-state index contributed by atoms with van der Waals surface area (Å²) in [6.45, 7) is 25.0. The minimum absolute atomic E-state index is 0.216. The van der Waals surface area contributed by atoms with Crippen LogP contribution >= 0.6 is 11.6 Å². The third kappa shape index (κ3) is 22.6. The van der Waals surface area contributed by atoms with Gasteiger partial charge in [-0.15, -0.1) is 0 Å². The van der Waals surface area contributed by atoms with E-state index in [1.165, 1.54) is 19.2 Å². The molecule has 3 fully saturated rings. The van der Waals surface area contributed by atoms with Crippen molar-refractivity contribution in [1.82, 2.24) is 16.0 Å². The first-order chi connectivity index (χ1) is 44.9. The molecule has 3 saturated heterocycles. The van der Waals surface area contributed by atoms with Gasteiger partial charge in [0, 0.05) is 64.5 Å². The van der Waals surface area contributed by atoms with Crippen LogP contribution in [-0.4, -0.2) is 108 Å². The number of benzene rings is 6. The molecule has 27 heteroatoms. The lowest BCUT2D eigenvalue weighted by atomic mass is 10.1. The first-order valence-corrected chi connectivity index (χ1v) is 29.9. The predicted molar refractivity (Wildman–Crippen MR) is 348 cm³/mol. The van der Waals surface area contributed by atoms with Crippen molar-refractivity contribution in [2.75, 3.05) is 85.3 Å².